The first kappa shape index (κ1) is 11.5. The summed E-state index contributed by atoms with van der Waals surface area (Å²) in [6.45, 7) is 2.15. The molecule has 0 amide bonds. The van der Waals surface area contributed by atoms with Crippen LogP contribution in [-0.4, -0.2) is 12.2 Å². The molecule has 3 atom stereocenters. The number of hydrogen-bond acceptors (Lipinski definition) is 3. The molecule has 1 aromatic rings. The van der Waals surface area contributed by atoms with E-state index in [2.05, 4.69) is 17.8 Å². The molecule has 1 fully saturated rings. The molecule has 0 aliphatic carbocycles. The van der Waals surface area contributed by atoms with Gasteiger partial charge in [-0.15, -0.1) is 0 Å². The Morgan fingerprint density at radius 2 is 1.94 bits per heavy atom. The standard InChI is InChI=1S/C12H18FN3/c1-2-3-10-11(12(14)16-15-10)8-4-6-9(13)7-5-8/h4-7,10-12,15-16H,2-3,14H2,1H3. The smallest absolute Gasteiger partial charge is 0.123 e. The predicted octanol–water partition coefficient (Wildman–Crippen LogP) is 1.47. The van der Waals surface area contributed by atoms with Gasteiger partial charge in [-0.3, -0.25) is 5.43 Å². The summed E-state index contributed by atoms with van der Waals surface area (Å²) in [5.41, 5.74) is 13.3. The number of benzene rings is 1. The molecular formula is C12H18FN3. The molecule has 88 valence electrons. The monoisotopic (exact) mass is 223 g/mol. The SMILES string of the molecule is CCCC1NNC(N)C1c1ccc(F)cc1. The highest BCUT2D eigenvalue weighted by Gasteiger charge is 2.33. The van der Waals surface area contributed by atoms with Crippen molar-refractivity contribution < 1.29 is 4.39 Å². The van der Waals surface area contributed by atoms with E-state index in [9.17, 15) is 4.39 Å². The van der Waals surface area contributed by atoms with E-state index in [-0.39, 0.29) is 17.9 Å². The number of hydrazine groups is 1. The van der Waals surface area contributed by atoms with E-state index >= 15 is 0 Å². The second-order valence-corrected chi connectivity index (χ2v) is 4.29. The third-order valence-electron chi connectivity index (χ3n) is 3.11. The van der Waals surface area contributed by atoms with Crippen LogP contribution in [0.5, 0.6) is 0 Å². The van der Waals surface area contributed by atoms with E-state index in [1.807, 2.05) is 12.1 Å². The Bertz CT molecular complexity index is 337. The Labute approximate surface area is 95.2 Å². The molecule has 3 nitrogen and oxygen atoms in total. The molecule has 1 saturated heterocycles. The van der Waals surface area contributed by atoms with Gasteiger partial charge in [-0.05, 0) is 24.1 Å². The minimum Gasteiger partial charge on any atom is -0.314 e. The van der Waals surface area contributed by atoms with Crippen LogP contribution in [0, 0.1) is 5.82 Å². The first-order chi connectivity index (χ1) is 7.72. The van der Waals surface area contributed by atoms with Crippen LogP contribution in [0.3, 0.4) is 0 Å². The normalized spacial score (nSPS) is 29.6. The van der Waals surface area contributed by atoms with Gasteiger partial charge in [0, 0.05) is 12.0 Å². The number of halogens is 1. The average molecular weight is 223 g/mol. The van der Waals surface area contributed by atoms with E-state index in [0.717, 1.165) is 18.4 Å². The summed E-state index contributed by atoms with van der Waals surface area (Å²) >= 11 is 0. The molecule has 0 spiro atoms. The van der Waals surface area contributed by atoms with Crippen LogP contribution in [0.4, 0.5) is 4.39 Å². The summed E-state index contributed by atoms with van der Waals surface area (Å²) < 4.78 is 12.9. The van der Waals surface area contributed by atoms with Crippen molar-refractivity contribution in [3.8, 4) is 0 Å². The highest BCUT2D eigenvalue weighted by atomic mass is 19.1. The molecule has 0 aromatic heterocycles. The molecule has 1 aliphatic heterocycles. The van der Waals surface area contributed by atoms with Gasteiger partial charge in [-0.25, -0.2) is 9.82 Å². The molecule has 1 aliphatic rings. The van der Waals surface area contributed by atoms with Crippen LogP contribution >= 0.6 is 0 Å². The summed E-state index contributed by atoms with van der Waals surface area (Å²) in [6, 6.07) is 6.94. The van der Waals surface area contributed by atoms with Gasteiger partial charge in [0.2, 0.25) is 0 Å². The molecule has 16 heavy (non-hydrogen) atoms. The van der Waals surface area contributed by atoms with Gasteiger partial charge in [0.05, 0.1) is 6.17 Å². The third-order valence-corrected chi connectivity index (χ3v) is 3.11. The first-order valence-corrected chi connectivity index (χ1v) is 5.74. The topological polar surface area (TPSA) is 50.1 Å². The van der Waals surface area contributed by atoms with E-state index in [1.165, 1.54) is 12.1 Å². The molecule has 0 saturated carbocycles. The van der Waals surface area contributed by atoms with Crippen molar-refractivity contribution in [2.75, 3.05) is 0 Å². The van der Waals surface area contributed by atoms with Crippen LogP contribution in [-0.2, 0) is 0 Å². The Morgan fingerprint density at radius 1 is 1.25 bits per heavy atom. The molecule has 1 aromatic carbocycles. The molecule has 4 N–H and O–H groups in total. The maximum Gasteiger partial charge on any atom is 0.123 e. The van der Waals surface area contributed by atoms with Crippen molar-refractivity contribution in [2.45, 2.75) is 37.9 Å². The predicted molar refractivity (Wildman–Crippen MR) is 62.1 cm³/mol. The largest absolute Gasteiger partial charge is 0.314 e. The molecule has 0 radical (unpaired) electrons. The van der Waals surface area contributed by atoms with Crippen LogP contribution in [0.2, 0.25) is 0 Å². The molecular weight excluding hydrogens is 205 g/mol. The van der Waals surface area contributed by atoms with Crippen LogP contribution < -0.4 is 16.6 Å². The summed E-state index contributed by atoms with van der Waals surface area (Å²) in [5, 5.41) is 0. The van der Waals surface area contributed by atoms with Crippen molar-refractivity contribution in [1.82, 2.24) is 10.9 Å². The zero-order chi connectivity index (χ0) is 11.5. The maximum absolute atomic E-state index is 12.9. The second kappa shape index (κ2) is 4.91. The minimum absolute atomic E-state index is 0.109. The first-order valence-electron chi connectivity index (χ1n) is 5.74. The number of hydrogen-bond donors (Lipinski definition) is 3. The van der Waals surface area contributed by atoms with Crippen molar-refractivity contribution >= 4 is 0 Å². The summed E-state index contributed by atoms with van der Waals surface area (Å²) in [5.74, 6) is 0.00354. The van der Waals surface area contributed by atoms with Gasteiger partial charge in [-0.2, -0.15) is 0 Å². The lowest BCUT2D eigenvalue weighted by Crippen LogP contribution is -2.38. The Morgan fingerprint density at radius 3 is 2.56 bits per heavy atom. The van der Waals surface area contributed by atoms with E-state index in [0.29, 0.717) is 6.04 Å². The molecule has 4 heteroatoms. The van der Waals surface area contributed by atoms with Gasteiger partial charge < -0.3 is 5.73 Å². The van der Waals surface area contributed by atoms with E-state index < -0.39 is 0 Å². The number of rotatable bonds is 3. The highest BCUT2D eigenvalue weighted by Crippen LogP contribution is 2.27. The van der Waals surface area contributed by atoms with Crippen molar-refractivity contribution in [1.29, 1.82) is 0 Å². The van der Waals surface area contributed by atoms with Crippen molar-refractivity contribution in [2.24, 2.45) is 5.73 Å². The van der Waals surface area contributed by atoms with Gasteiger partial charge >= 0.3 is 0 Å². The van der Waals surface area contributed by atoms with Gasteiger partial charge in [0.25, 0.3) is 0 Å². The summed E-state index contributed by atoms with van der Waals surface area (Å²) in [7, 11) is 0. The summed E-state index contributed by atoms with van der Waals surface area (Å²) in [6.07, 6.45) is 2.05. The quantitative estimate of drug-likeness (QED) is 0.727. The Hall–Kier alpha value is -0.970. The van der Waals surface area contributed by atoms with Crippen LogP contribution in [0.25, 0.3) is 0 Å². The lowest BCUT2D eigenvalue weighted by molar-refractivity contribution is 0.485. The molecule has 3 unspecified atom stereocenters. The lowest BCUT2D eigenvalue weighted by Gasteiger charge is -2.20. The third kappa shape index (κ3) is 2.24. The van der Waals surface area contributed by atoms with Gasteiger partial charge in [0.15, 0.2) is 0 Å². The Balaban J connectivity index is 2.19. The van der Waals surface area contributed by atoms with Crippen LogP contribution in [0.1, 0.15) is 31.2 Å². The molecule has 2 rings (SSSR count). The van der Waals surface area contributed by atoms with Crippen molar-refractivity contribution in [3.63, 3.8) is 0 Å². The van der Waals surface area contributed by atoms with E-state index in [4.69, 9.17) is 5.73 Å². The van der Waals surface area contributed by atoms with Crippen molar-refractivity contribution in [3.05, 3.63) is 35.6 Å². The number of nitrogens with one attached hydrogen (secondary N) is 2. The fraction of sp³-hybridized carbons (Fsp3) is 0.500. The summed E-state index contributed by atoms with van der Waals surface area (Å²) in [4.78, 5) is 0. The minimum atomic E-state index is -0.205. The van der Waals surface area contributed by atoms with E-state index in [1.54, 1.807) is 0 Å². The van der Waals surface area contributed by atoms with Gasteiger partial charge in [-0.1, -0.05) is 25.5 Å². The Kier molecular flexibility index (Phi) is 3.53. The zero-order valence-electron chi connectivity index (χ0n) is 9.41. The van der Waals surface area contributed by atoms with Gasteiger partial charge in [0.1, 0.15) is 5.82 Å². The fourth-order valence-electron chi connectivity index (χ4n) is 2.32. The maximum atomic E-state index is 12.9. The highest BCUT2D eigenvalue weighted by molar-refractivity contribution is 5.25. The lowest BCUT2D eigenvalue weighted by atomic mass is 9.88. The number of nitrogens with two attached hydrogens (primary N) is 1. The zero-order valence-corrected chi connectivity index (χ0v) is 9.41. The molecule has 1 heterocycles. The molecule has 0 bridgehead atoms. The van der Waals surface area contributed by atoms with Crippen LogP contribution in [0.15, 0.2) is 24.3 Å². The fourth-order valence-corrected chi connectivity index (χ4v) is 2.32. The average Bonchev–Trinajstić information content (AvgIpc) is 2.62. The second-order valence-electron chi connectivity index (χ2n) is 4.29.